The van der Waals surface area contributed by atoms with Crippen molar-refractivity contribution in [3.8, 4) is 17.1 Å². The highest BCUT2D eigenvalue weighted by molar-refractivity contribution is 6.30. The number of aryl methyl sites for hydroxylation is 1. The average Bonchev–Trinajstić information content (AvgIpc) is 3.21. The number of nitrogens with one attached hydrogen (secondary N) is 1. The number of halogens is 1. The van der Waals surface area contributed by atoms with Crippen LogP contribution in [0.5, 0.6) is 0 Å². The molecule has 0 aliphatic carbocycles. The Bertz CT molecular complexity index is 898. The molecule has 3 aromatic rings. The quantitative estimate of drug-likeness (QED) is 0.724. The van der Waals surface area contributed by atoms with E-state index in [-0.39, 0.29) is 11.9 Å². The predicted octanol–water partition coefficient (Wildman–Crippen LogP) is 4.62. The molecule has 3 rings (SSSR count). The van der Waals surface area contributed by atoms with Gasteiger partial charge in [0.2, 0.25) is 0 Å². The van der Waals surface area contributed by atoms with Gasteiger partial charge in [0, 0.05) is 17.1 Å². The zero-order valence-corrected chi connectivity index (χ0v) is 15.2. The molecule has 5 nitrogen and oxygen atoms in total. The van der Waals surface area contributed by atoms with Gasteiger partial charge >= 0.3 is 0 Å². The van der Waals surface area contributed by atoms with E-state index in [0.717, 1.165) is 17.9 Å². The van der Waals surface area contributed by atoms with Crippen molar-refractivity contribution in [2.24, 2.45) is 0 Å². The Balaban J connectivity index is 2.07. The first-order valence-electron chi connectivity index (χ1n) is 8.21. The molecule has 2 aromatic heterocycles. The van der Waals surface area contributed by atoms with Crippen LogP contribution >= 0.6 is 11.6 Å². The summed E-state index contributed by atoms with van der Waals surface area (Å²) >= 11 is 6.10. The molecule has 130 valence electrons. The minimum absolute atomic E-state index is 0.0736. The summed E-state index contributed by atoms with van der Waals surface area (Å²) in [7, 11) is 0. The Kier molecular flexibility index (Phi) is 4.95. The molecule has 1 N–H and O–H groups in total. The third-order valence-corrected chi connectivity index (χ3v) is 4.21. The Hall–Kier alpha value is -2.53. The Labute approximate surface area is 151 Å². The number of benzene rings is 1. The van der Waals surface area contributed by atoms with Crippen LogP contribution in [-0.2, 0) is 0 Å². The molecule has 1 amide bonds. The summed E-state index contributed by atoms with van der Waals surface area (Å²) in [5.41, 5.74) is 1.75. The fraction of sp³-hybridized carbons (Fsp3) is 0.263. The molecule has 25 heavy (non-hydrogen) atoms. The number of carbonyl (C=O) groups is 1. The smallest absolute Gasteiger partial charge is 0.270 e. The zero-order valence-electron chi connectivity index (χ0n) is 14.4. The molecular weight excluding hydrogens is 338 g/mol. The van der Waals surface area contributed by atoms with Crippen molar-refractivity contribution in [2.45, 2.75) is 33.2 Å². The third-order valence-electron chi connectivity index (χ3n) is 3.98. The maximum atomic E-state index is 12.7. The third kappa shape index (κ3) is 3.77. The number of furan rings is 1. The Morgan fingerprint density at radius 2 is 2.12 bits per heavy atom. The molecule has 0 spiro atoms. The molecular formula is C19H20ClN3O2. The summed E-state index contributed by atoms with van der Waals surface area (Å²) < 4.78 is 7.24. The molecule has 0 saturated heterocycles. The van der Waals surface area contributed by atoms with Crippen molar-refractivity contribution in [1.82, 2.24) is 15.1 Å². The molecule has 6 heteroatoms. The SMILES string of the molecule is CC[C@@H](C)NC(=O)c1cc(-c2ccc(C)o2)nn1-c1cccc(Cl)c1. The van der Waals surface area contributed by atoms with Gasteiger partial charge in [-0.1, -0.05) is 24.6 Å². The molecule has 1 atom stereocenters. The van der Waals surface area contributed by atoms with Gasteiger partial charge in [0.25, 0.3) is 5.91 Å². The van der Waals surface area contributed by atoms with E-state index < -0.39 is 0 Å². The second-order valence-corrected chi connectivity index (χ2v) is 6.44. The Morgan fingerprint density at radius 3 is 2.76 bits per heavy atom. The molecule has 1 aromatic carbocycles. The maximum absolute atomic E-state index is 12.7. The van der Waals surface area contributed by atoms with Crippen LogP contribution in [0.25, 0.3) is 17.1 Å². The van der Waals surface area contributed by atoms with Crippen LogP contribution < -0.4 is 5.32 Å². The lowest BCUT2D eigenvalue weighted by molar-refractivity contribution is 0.0931. The van der Waals surface area contributed by atoms with Gasteiger partial charge in [-0.3, -0.25) is 4.79 Å². The van der Waals surface area contributed by atoms with Gasteiger partial charge in [-0.2, -0.15) is 5.10 Å². The number of nitrogens with zero attached hydrogens (tertiary/aromatic N) is 2. The van der Waals surface area contributed by atoms with E-state index in [1.807, 2.05) is 45.0 Å². The number of aromatic nitrogens is 2. The van der Waals surface area contributed by atoms with Crippen LogP contribution in [0.15, 0.2) is 46.9 Å². The van der Waals surface area contributed by atoms with Crippen LogP contribution in [0.1, 0.15) is 36.5 Å². The van der Waals surface area contributed by atoms with Crippen LogP contribution in [-0.4, -0.2) is 21.7 Å². The van der Waals surface area contributed by atoms with E-state index in [1.54, 1.807) is 22.9 Å². The van der Waals surface area contributed by atoms with Crippen molar-refractivity contribution in [3.63, 3.8) is 0 Å². The topological polar surface area (TPSA) is 60.1 Å². The van der Waals surface area contributed by atoms with Gasteiger partial charge < -0.3 is 9.73 Å². The maximum Gasteiger partial charge on any atom is 0.270 e. The summed E-state index contributed by atoms with van der Waals surface area (Å²) in [6, 6.07) is 12.8. The van der Waals surface area contributed by atoms with Gasteiger partial charge in [-0.05, 0) is 50.6 Å². The molecule has 2 heterocycles. The van der Waals surface area contributed by atoms with E-state index in [1.165, 1.54) is 0 Å². The Morgan fingerprint density at radius 1 is 1.32 bits per heavy atom. The summed E-state index contributed by atoms with van der Waals surface area (Å²) in [6.07, 6.45) is 0.848. The van der Waals surface area contributed by atoms with E-state index in [0.29, 0.717) is 22.2 Å². The first-order chi connectivity index (χ1) is 12.0. The number of hydrogen-bond donors (Lipinski definition) is 1. The first kappa shape index (κ1) is 17.3. The van der Waals surface area contributed by atoms with Gasteiger partial charge in [0.05, 0.1) is 5.69 Å². The summed E-state index contributed by atoms with van der Waals surface area (Å²) in [6.45, 7) is 5.86. The van der Waals surface area contributed by atoms with Crippen molar-refractivity contribution >= 4 is 17.5 Å². The van der Waals surface area contributed by atoms with Gasteiger partial charge in [-0.15, -0.1) is 0 Å². The number of hydrogen-bond acceptors (Lipinski definition) is 3. The summed E-state index contributed by atoms with van der Waals surface area (Å²) in [4.78, 5) is 12.7. The minimum atomic E-state index is -0.184. The lowest BCUT2D eigenvalue weighted by atomic mass is 10.2. The van der Waals surface area contributed by atoms with Gasteiger partial charge in [0.15, 0.2) is 5.76 Å². The van der Waals surface area contributed by atoms with E-state index >= 15 is 0 Å². The van der Waals surface area contributed by atoms with Crippen molar-refractivity contribution < 1.29 is 9.21 Å². The van der Waals surface area contributed by atoms with Crippen molar-refractivity contribution in [3.05, 3.63) is 58.9 Å². The highest BCUT2D eigenvalue weighted by Gasteiger charge is 2.20. The second kappa shape index (κ2) is 7.15. The average molecular weight is 358 g/mol. The highest BCUT2D eigenvalue weighted by atomic mass is 35.5. The highest BCUT2D eigenvalue weighted by Crippen LogP contribution is 2.24. The van der Waals surface area contributed by atoms with Gasteiger partial charge in [-0.25, -0.2) is 4.68 Å². The fourth-order valence-corrected chi connectivity index (χ4v) is 2.62. The van der Waals surface area contributed by atoms with Gasteiger partial charge in [0.1, 0.15) is 17.1 Å². The lowest BCUT2D eigenvalue weighted by Gasteiger charge is -2.12. The molecule has 0 bridgehead atoms. The summed E-state index contributed by atoms with van der Waals surface area (Å²) in [5.74, 6) is 1.23. The van der Waals surface area contributed by atoms with Crippen LogP contribution in [0.4, 0.5) is 0 Å². The van der Waals surface area contributed by atoms with E-state index in [4.69, 9.17) is 16.0 Å². The zero-order chi connectivity index (χ0) is 18.0. The number of rotatable bonds is 5. The predicted molar refractivity (Wildman–Crippen MR) is 98.2 cm³/mol. The number of amides is 1. The molecule has 0 aliphatic rings. The normalized spacial score (nSPS) is 12.2. The molecule has 0 fully saturated rings. The monoisotopic (exact) mass is 357 g/mol. The van der Waals surface area contributed by atoms with Crippen molar-refractivity contribution in [1.29, 1.82) is 0 Å². The second-order valence-electron chi connectivity index (χ2n) is 6.00. The van der Waals surface area contributed by atoms with E-state index in [2.05, 4.69) is 10.4 Å². The van der Waals surface area contributed by atoms with Crippen LogP contribution in [0.2, 0.25) is 5.02 Å². The molecule has 0 saturated carbocycles. The van der Waals surface area contributed by atoms with E-state index in [9.17, 15) is 4.79 Å². The summed E-state index contributed by atoms with van der Waals surface area (Å²) in [5, 5.41) is 8.12. The molecule has 0 unspecified atom stereocenters. The van der Waals surface area contributed by atoms with Crippen LogP contribution in [0, 0.1) is 6.92 Å². The van der Waals surface area contributed by atoms with Crippen LogP contribution in [0.3, 0.4) is 0 Å². The molecule has 0 radical (unpaired) electrons. The molecule has 0 aliphatic heterocycles. The fourth-order valence-electron chi connectivity index (χ4n) is 2.44. The number of carbonyl (C=O) groups excluding carboxylic acids is 1. The standard InChI is InChI=1S/C19H20ClN3O2/c1-4-12(2)21-19(24)17-11-16(18-9-8-13(3)25-18)22-23(17)15-7-5-6-14(20)10-15/h5-12H,4H2,1-3H3,(H,21,24)/t12-/m1/s1. The first-order valence-corrected chi connectivity index (χ1v) is 8.59. The largest absolute Gasteiger partial charge is 0.460 e. The van der Waals surface area contributed by atoms with Crippen molar-refractivity contribution in [2.75, 3.05) is 0 Å². The minimum Gasteiger partial charge on any atom is -0.460 e. The lowest BCUT2D eigenvalue weighted by Crippen LogP contribution is -2.33.